The van der Waals surface area contributed by atoms with Gasteiger partial charge in [-0.05, 0) is 12.1 Å². The molecule has 2 amide bonds. The number of amides is 2. The maximum absolute atomic E-state index is 11.1. The molecule has 0 aromatic heterocycles. The summed E-state index contributed by atoms with van der Waals surface area (Å²) in [5, 5.41) is 20.0. The normalized spacial score (nSPS) is 9.40. The Kier molecular flexibility index (Phi) is 3.64. The Morgan fingerprint density at radius 3 is 2.40 bits per heavy atom. The lowest BCUT2D eigenvalue weighted by molar-refractivity contribution is -0.135. The Morgan fingerprint density at radius 1 is 1.27 bits per heavy atom. The molecule has 0 fully saturated rings. The van der Waals surface area contributed by atoms with Crippen molar-refractivity contribution in [3.63, 3.8) is 0 Å². The van der Waals surface area contributed by atoms with E-state index < -0.39 is 18.5 Å². The van der Waals surface area contributed by atoms with Gasteiger partial charge < -0.3 is 10.4 Å². The topological polar surface area (TPSA) is 89.9 Å². The molecule has 1 rings (SSSR count). The predicted molar refractivity (Wildman–Crippen MR) is 51.7 cm³/mol. The molecule has 0 saturated carbocycles. The predicted octanol–water partition coefficient (Wildman–Crippen LogP) is 0.676. The minimum atomic E-state index is -1.18. The lowest BCUT2D eigenvalue weighted by Crippen LogP contribution is -2.40. The number of aliphatic carboxylic acids is 1. The number of anilines is 1. The summed E-state index contributed by atoms with van der Waals surface area (Å²) in [6, 6.07) is 7.16. The zero-order valence-corrected chi connectivity index (χ0v) is 7.75. The second-order valence-electron chi connectivity index (χ2n) is 2.70. The number of rotatable bonds is 3. The number of para-hydroxylation sites is 1. The zero-order valence-electron chi connectivity index (χ0n) is 7.75. The molecule has 0 bridgehead atoms. The number of carbonyl (C=O) groups is 2. The molecule has 3 N–H and O–H groups in total. The number of hydrogen-bond acceptors (Lipinski definition) is 3. The summed E-state index contributed by atoms with van der Waals surface area (Å²) >= 11 is 0. The molecule has 0 atom stereocenters. The molecule has 0 saturated heterocycles. The molecule has 0 aliphatic heterocycles. The summed E-state index contributed by atoms with van der Waals surface area (Å²) in [5.74, 6) is -1.18. The molecule has 80 valence electrons. The first-order valence-electron chi connectivity index (χ1n) is 4.15. The first-order chi connectivity index (χ1) is 7.11. The van der Waals surface area contributed by atoms with Gasteiger partial charge in [0.05, 0.1) is 5.69 Å². The average Bonchev–Trinajstić information content (AvgIpc) is 2.26. The number of carbonyl (C=O) groups excluding carboxylic acids is 1. The van der Waals surface area contributed by atoms with Crippen molar-refractivity contribution in [3.8, 4) is 0 Å². The highest BCUT2D eigenvalue weighted by molar-refractivity contribution is 5.91. The van der Waals surface area contributed by atoms with Crippen LogP contribution in [0.2, 0.25) is 0 Å². The first kappa shape index (κ1) is 11.0. The molecule has 6 heteroatoms. The second kappa shape index (κ2) is 4.97. The van der Waals surface area contributed by atoms with Crippen LogP contribution in [-0.2, 0) is 4.79 Å². The van der Waals surface area contributed by atoms with E-state index in [1.807, 2.05) is 5.32 Å². The minimum Gasteiger partial charge on any atom is -0.480 e. The molecule has 0 unspecified atom stereocenters. The SMILES string of the molecule is O=C(O)CNC(=O)N(O)c1ccccc1. The van der Waals surface area contributed by atoms with Crippen LogP contribution in [0.1, 0.15) is 0 Å². The molecule has 6 nitrogen and oxygen atoms in total. The van der Waals surface area contributed by atoms with Crippen LogP contribution in [0.4, 0.5) is 10.5 Å². The largest absolute Gasteiger partial charge is 0.480 e. The highest BCUT2D eigenvalue weighted by Crippen LogP contribution is 2.10. The van der Waals surface area contributed by atoms with Gasteiger partial charge in [0.15, 0.2) is 0 Å². The molecule has 0 spiro atoms. The number of hydroxylamine groups is 1. The summed E-state index contributed by atoms with van der Waals surface area (Å²) in [6.45, 7) is -0.539. The summed E-state index contributed by atoms with van der Waals surface area (Å²) in [6.07, 6.45) is 0. The van der Waals surface area contributed by atoms with Gasteiger partial charge in [0.1, 0.15) is 6.54 Å². The lowest BCUT2D eigenvalue weighted by Gasteiger charge is -2.14. The van der Waals surface area contributed by atoms with E-state index >= 15 is 0 Å². The Hall–Kier alpha value is -2.08. The number of nitrogens with zero attached hydrogens (tertiary/aromatic N) is 1. The first-order valence-corrected chi connectivity index (χ1v) is 4.15. The Balaban J connectivity index is 2.57. The van der Waals surface area contributed by atoms with Crippen LogP contribution in [0, 0.1) is 0 Å². The van der Waals surface area contributed by atoms with Crippen LogP contribution >= 0.6 is 0 Å². The smallest absolute Gasteiger partial charge is 0.346 e. The van der Waals surface area contributed by atoms with E-state index in [-0.39, 0.29) is 5.69 Å². The maximum atomic E-state index is 11.1. The molecule has 1 aromatic carbocycles. The van der Waals surface area contributed by atoms with Gasteiger partial charge in [0.2, 0.25) is 0 Å². The van der Waals surface area contributed by atoms with E-state index in [0.717, 1.165) is 0 Å². The zero-order chi connectivity index (χ0) is 11.3. The summed E-state index contributed by atoms with van der Waals surface area (Å²) in [5.41, 5.74) is 0.264. The van der Waals surface area contributed by atoms with Crippen molar-refractivity contribution in [2.45, 2.75) is 0 Å². The average molecular weight is 210 g/mol. The monoisotopic (exact) mass is 210 g/mol. The fourth-order valence-electron chi connectivity index (χ4n) is 0.913. The molecule has 0 aliphatic carbocycles. The molecular formula is C9H10N2O4. The van der Waals surface area contributed by atoms with Crippen molar-refractivity contribution < 1.29 is 19.9 Å². The van der Waals surface area contributed by atoms with Gasteiger partial charge in [0.25, 0.3) is 0 Å². The van der Waals surface area contributed by atoms with Gasteiger partial charge in [-0.15, -0.1) is 0 Å². The van der Waals surface area contributed by atoms with E-state index in [9.17, 15) is 14.8 Å². The van der Waals surface area contributed by atoms with Crippen LogP contribution in [0.15, 0.2) is 30.3 Å². The third kappa shape index (κ3) is 3.28. The van der Waals surface area contributed by atoms with Crippen molar-refractivity contribution in [3.05, 3.63) is 30.3 Å². The van der Waals surface area contributed by atoms with Crippen LogP contribution in [0.5, 0.6) is 0 Å². The van der Waals surface area contributed by atoms with Crippen LogP contribution in [-0.4, -0.2) is 28.9 Å². The van der Waals surface area contributed by atoms with Gasteiger partial charge in [-0.25, -0.2) is 4.79 Å². The Morgan fingerprint density at radius 2 is 1.87 bits per heavy atom. The van der Waals surface area contributed by atoms with Crippen molar-refractivity contribution in [2.75, 3.05) is 11.6 Å². The standard InChI is InChI=1S/C9H10N2O4/c12-8(13)6-10-9(14)11(15)7-4-2-1-3-5-7/h1-5,15H,6H2,(H,10,14)(H,12,13). The minimum absolute atomic E-state index is 0.264. The highest BCUT2D eigenvalue weighted by Gasteiger charge is 2.12. The summed E-state index contributed by atoms with van der Waals surface area (Å²) < 4.78 is 0. The van der Waals surface area contributed by atoms with Crippen LogP contribution < -0.4 is 10.4 Å². The number of hydrogen-bond donors (Lipinski definition) is 3. The fraction of sp³-hybridized carbons (Fsp3) is 0.111. The number of nitrogens with one attached hydrogen (secondary N) is 1. The van der Waals surface area contributed by atoms with Gasteiger partial charge in [-0.3, -0.25) is 10.0 Å². The van der Waals surface area contributed by atoms with E-state index in [1.54, 1.807) is 18.2 Å². The van der Waals surface area contributed by atoms with Crippen molar-refractivity contribution in [2.24, 2.45) is 0 Å². The summed E-state index contributed by atoms with van der Waals surface area (Å²) in [4.78, 5) is 21.3. The third-order valence-electron chi connectivity index (χ3n) is 1.58. The van der Waals surface area contributed by atoms with Crippen LogP contribution in [0.25, 0.3) is 0 Å². The van der Waals surface area contributed by atoms with Crippen molar-refractivity contribution in [1.29, 1.82) is 0 Å². The molecule has 0 aliphatic rings. The second-order valence-corrected chi connectivity index (χ2v) is 2.70. The lowest BCUT2D eigenvalue weighted by atomic mass is 10.3. The number of carboxylic acid groups (broad SMARTS) is 1. The molecule has 0 heterocycles. The van der Waals surface area contributed by atoms with Gasteiger partial charge in [-0.2, -0.15) is 5.06 Å². The van der Waals surface area contributed by atoms with E-state index in [1.165, 1.54) is 12.1 Å². The molecule has 15 heavy (non-hydrogen) atoms. The Labute approximate surface area is 85.7 Å². The van der Waals surface area contributed by atoms with Gasteiger partial charge in [0, 0.05) is 0 Å². The third-order valence-corrected chi connectivity index (χ3v) is 1.58. The maximum Gasteiger partial charge on any atom is 0.346 e. The van der Waals surface area contributed by atoms with Gasteiger partial charge in [-0.1, -0.05) is 18.2 Å². The van der Waals surface area contributed by atoms with E-state index in [0.29, 0.717) is 5.06 Å². The van der Waals surface area contributed by atoms with E-state index in [4.69, 9.17) is 5.11 Å². The number of urea groups is 1. The van der Waals surface area contributed by atoms with Crippen LogP contribution in [0.3, 0.4) is 0 Å². The van der Waals surface area contributed by atoms with Gasteiger partial charge >= 0.3 is 12.0 Å². The number of benzene rings is 1. The Bertz CT molecular complexity index is 352. The molecular weight excluding hydrogens is 200 g/mol. The van der Waals surface area contributed by atoms with Crippen molar-refractivity contribution >= 4 is 17.7 Å². The number of carboxylic acids is 1. The fourth-order valence-corrected chi connectivity index (χ4v) is 0.913. The molecule has 1 aromatic rings. The quantitative estimate of drug-likeness (QED) is 0.505. The summed E-state index contributed by atoms with van der Waals surface area (Å²) in [7, 11) is 0. The van der Waals surface area contributed by atoms with E-state index in [2.05, 4.69) is 0 Å². The molecule has 0 radical (unpaired) electrons. The highest BCUT2D eigenvalue weighted by atomic mass is 16.5. The van der Waals surface area contributed by atoms with Crippen molar-refractivity contribution in [1.82, 2.24) is 5.32 Å².